The van der Waals surface area contributed by atoms with E-state index < -0.39 is 15.8 Å². The number of carbonyl (C=O) groups excluding carboxylic acids is 1. The molecule has 106 valence electrons. The van der Waals surface area contributed by atoms with Crippen LogP contribution in [-0.4, -0.2) is 23.9 Å². The molecule has 7 heteroatoms. The Labute approximate surface area is 119 Å². The van der Waals surface area contributed by atoms with Crippen LogP contribution in [0.1, 0.15) is 10.4 Å². The average molecular weight is 304 g/mol. The van der Waals surface area contributed by atoms with Gasteiger partial charge in [0.15, 0.2) is 6.29 Å². The monoisotopic (exact) mass is 304 g/mol. The van der Waals surface area contributed by atoms with Gasteiger partial charge in [-0.15, -0.1) is 0 Å². The largest absolute Gasteiger partial charge is 0.298 e. The Balaban J connectivity index is 2.34. The topological polar surface area (TPSA) is 69.0 Å². The lowest BCUT2D eigenvalue weighted by Crippen LogP contribution is -2.15. The van der Waals surface area contributed by atoms with E-state index in [9.17, 15) is 17.6 Å². The molecular formula is C14H9FN2O3S. The molecule has 1 heterocycles. The Hall–Kier alpha value is -2.54. The molecule has 2 aromatic carbocycles. The molecule has 0 radical (unpaired) electrons. The van der Waals surface area contributed by atoms with Gasteiger partial charge in [0.2, 0.25) is 0 Å². The minimum Gasteiger partial charge on any atom is -0.298 e. The number of rotatable bonds is 3. The number of aromatic nitrogens is 2. The number of aldehydes is 1. The summed E-state index contributed by atoms with van der Waals surface area (Å²) in [5.74, 6) is -0.757. The molecule has 0 atom stereocenters. The molecule has 0 spiro atoms. The molecule has 3 aromatic rings. The van der Waals surface area contributed by atoms with E-state index in [0.717, 1.165) is 6.07 Å². The van der Waals surface area contributed by atoms with Gasteiger partial charge in [-0.3, -0.25) is 4.79 Å². The number of carbonyl (C=O) groups is 1. The van der Waals surface area contributed by atoms with Crippen molar-refractivity contribution in [2.45, 2.75) is 4.90 Å². The Morgan fingerprint density at radius 1 is 1.10 bits per heavy atom. The summed E-state index contributed by atoms with van der Waals surface area (Å²) >= 11 is 0. The quantitative estimate of drug-likeness (QED) is 0.696. The van der Waals surface area contributed by atoms with E-state index in [1.54, 1.807) is 18.2 Å². The first-order valence-electron chi connectivity index (χ1n) is 5.98. The van der Waals surface area contributed by atoms with E-state index in [1.807, 2.05) is 0 Å². The number of fused-ring (bicyclic) bond motifs is 1. The van der Waals surface area contributed by atoms with E-state index in [0.29, 0.717) is 10.4 Å². The molecule has 21 heavy (non-hydrogen) atoms. The minimum atomic E-state index is -4.02. The van der Waals surface area contributed by atoms with Crippen LogP contribution in [-0.2, 0) is 10.0 Å². The van der Waals surface area contributed by atoms with Gasteiger partial charge in [-0.2, -0.15) is 17.6 Å². The van der Waals surface area contributed by atoms with Crippen molar-refractivity contribution in [3.63, 3.8) is 0 Å². The van der Waals surface area contributed by atoms with Crippen LogP contribution >= 0.6 is 0 Å². The standard InChI is InChI=1S/C14H9FN2O3S/c15-13-7-6-10(9-18)12-8-16-17(14(12)13)21(19,20)11-4-2-1-3-5-11/h1-9H. The van der Waals surface area contributed by atoms with Crippen molar-refractivity contribution in [2.24, 2.45) is 0 Å². The van der Waals surface area contributed by atoms with Gasteiger partial charge in [-0.05, 0) is 24.3 Å². The SMILES string of the molecule is O=Cc1ccc(F)c2c1cnn2S(=O)(=O)c1ccccc1. The van der Waals surface area contributed by atoms with Crippen LogP contribution < -0.4 is 0 Å². The zero-order valence-electron chi connectivity index (χ0n) is 10.6. The van der Waals surface area contributed by atoms with Crippen LogP contribution in [0.2, 0.25) is 0 Å². The first kappa shape index (κ1) is 13.4. The van der Waals surface area contributed by atoms with Gasteiger partial charge < -0.3 is 0 Å². The van der Waals surface area contributed by atoms with Crippen molar-refractivity contribution >= 4 is 27.2 Å². The van der Waals surface area contributed by atoms with Gasteiger partial charge in [0.1, 0.15) is 11.3 Å². The molecule has 0 N–H and O–H groups in total. The van der Waals surface area contributed by atoms with Crippen LogP contribution in [0, 0.1) is 5.82 Å². The molecular weight excluding hydrogens is 295 g/mol. The molecule has 0 bridgehead atoms. The van der Waals surface area contributed by atoms with Crippen molar-refractivity contribution in [2.75, 3.05) is 0 Å². The van der Waals surface area contributed by atoms with Gasteiger partial charge in [0.05, 0.1) is 11.1 Å². The number of benzene rings is 2. The highest BCUT2D eigenvalue weighted by Gasteiger charge is 2.23. The van der Waals surface area contributed by atoms with E-state index in [4.69, 9.17) is 0 Å². The predicted molar refractivity (Wildman–Crippen MR) is 74.1 cm³/mol. The molecule has 1 aromatic heterocycles. The first-order chi connectivity index (χ1) is 10.1. The zero-order chi connectivity index (χ0) is 15.0. The highest BCUT2D eigenvalue weighted by molar-refractivity contribution is 7.90. The summed E-state index contributed by atoms with van der Waals surface area (Å²) in [5, 5.41) is 3.90. The second kappa shape index (κ2) is 4.78. The normalized spacial score (nSPS) is 11.7. The van der Waals surface area contributed by atoms with E-state index in [1.165, 1.54) is 24.4 Å². The van der Waals surface area contributed by atoms with Crippen molar-refractivity contribution in [3.05, 3.63) is 60.0 Å². The molecule has 0 aliphatic rings. The third-order valence-electron chi connectivity index (χ3n) is 3.08. The fraction of sp³-hybridized carbons (Fsp3) is 0. The highest BCUT2D eigenvalue weighted by atomic mass is 32.2. The highest BCUT2D eigenvalue weighted by Crippen LogP contribution is 2.24. The van der Waals surface area contributed by atoms with Crippen LogP contribution in [0.15, 0.2) is 53.6 Å². The molecule has 0 saturated heterocycles. The Morgan fingerprint density at radius 3 is 2.48 bits per heavy atom. The van der Waals surface area contributed by atoms with Crippen molar-refractivity contribution < 1.29 is 17.6 Å². The molecule has 3 rings (SSSR count). The second-order valence-electron chi connectivity index (χ2n) is 4.32. The lowest BCUT2D eigenvalue weighted by molar-refractivity contribution is 0.112. The van der Waals surface area contributed by atoms with E-state index in [-0.39, 0.29) is 21.4 Å². The predicted octanol–water partition coefficient (Wildman–Crippen LogP) is 2.22. The van der Waals surface area contributed by atoms with Gasteiger partial charge in [-0.25, -0.2) is 4.39 Å². The summed E-state index contributed by atoms with van der Waals surface area (Å²) in [6, 6.07) is 9.91. The number of hydrogen-bond donors (Lipinski definition) is 0. The molecule has 0 amide bonds. The van der Waals surface area contributed by atoms with E-state index in [2.05, 4.69) is 5.10 Å². The second-order valence-corrected chi connectivity index (χ2v) is 6.09. The molecule has 0 unspecified atom stereocenters. The first-order valence-corrected chi connectivity index (χ1v) is 7.42. The summed E-state index contributed by atoms with van der Waals surface area (Å²) < 4.78 is 39.6. The summed E-state index contributed by atoms with van der Waals surface area (Å²) in [6.45, 7) is 0. The Bertz CT molecular complexity index is 934. The maximum atomic E-state index is 14.0. The molecule has 5 nitrogen and oxygen atoms in total. The Kier molecular flexibility index (Phi) is 3.06. The van der Waals surface area contributed by atoms with Crippen molar-refractivity contribution in [3.8, 4) is 0 Å². The molecule has 0 aliphatic heterocycles. The number of hydrogen-bond acceptors (Lipinski definition) is 4. The van der Waals surface area contributed by atoms with Crippen LogP contribution in [0.5, 0.6) is 0 Å². The lowest BCUT2D eigenvalue weighted by atomic mass is 10.1. The third-order valence-corrected chi connectivity index (χ3v) is 4.68. The van der Waals surface area contributed by atoms with Gasteiger partial charge in [-0.1, -0.05) is 18.2 Å². The smallest absolute Gasteiger partial charge is 0.283 e. The average Bonchev–Trinajstić information content (AvgIpc) is 2.95. The van der Waals surface area contributed by atoms with Crippen LogP contribution in [0.3, 0.4) is 0 Å². The number of halogens is 1. The van der Waals surface area contributed by atoms with Gasteiger partial charge >= 0.3 is 0 Å². The van der Waals surface area contributed by atoms with Gasteiger partial charge in [0, 0.05) is 10.9 Å². The van der Waals surface area contributed by atoms with Crippen molar-refractivity contribution in [1.29, 1.82) is 0 Å². The van der Waals surface area contributed by atoms with Gasteiger partial charge in [0.25, 0.3) is 10.0 Å². The maximum Gasteiger partial charge on any atom is 0.283 e. The molecule has 0 saturated carbocycles. The number of nitrogens with zero attached hydrogens (tertiary/aromatic N) is 2. The minimum absolute atomic E-state index is 0.00842. The van der Waals surface area contributed by atoms with E-state index >= 15 is 0 Å². The van der Waals surface area contributed by atoms with Crippen molar-refractivity contribution in [1.82, 2.24) is 9.19 Å². The fourth-order valence-electron chi connectivity index (χ4n) is 2.07. The summed E-state index contributed by atoms with van der Waals surface area (Å²) in [6.07, 6.45) is 1.70. The summed E-state index contributed by atoms with van der Waals surface area (Å²) in [7, 11) is -4.02. The molecule has 0 fully saturated rings. The van der Waals surface area contributed by atoms with Crippen LogP contribution in [0.25, 0.3) is 10.9 Å². The molecule has 0 aliphatic carbocycles. The summed E-state index contributed by atoms with van der Waals surface area (Å²) in [4.78, 5) is 10.9. The Morgan fingerprint density at radius 2 is 1.81 bits per heavy atom. The third kappa shape index (κ3) is 2.02. The summed E-state index contributed by atoms with van der Waals surface area (Å²) in [5.41, 5.74) is -0.0515. The zero-order valence-corrected chi connectivity index (χ0v) is 11.4. The van der Waals surface area contributed by atoms with Crippen LogP contribution in [0.4, 0.5) is 4.39 Å². The maximum absolute atomic E-state index is 14.0. The fourth-order valence-corrected chi connectivity index (χ4v) is 3.37. The lowest BCUT2D eigenvalue weighted by Gasteiger charge is -2.06.